The van der Waals surface area contributed by atoms with Gasteiger partial charge in [0.2, 0.25) is 0 Å². The number of aliphatic hydroxyl groups is 1. The van der Waals surface area contributed by atoms with E-state index in [4.69, 9.17) is 0 Å². The van der Waals surface area contributed by atoms with Gasteiger partial charge < -0.3 is 5.11 Å². The van der Waals surface area contributed by atoms with Crippen molar-refractivity contribution in [3.8, 4) is 0 Å². The van der Waals surface area contributed by atoms with Crippen LogP contribution in [0.2, 0.25) is 19.6 Å². The van der Waals surface area contributed by atoms with Gasteiger partial charge in [0.25, 0.3) is 0 Å². The highest BCUT2D eigenvalue weighted by atomic mass is 28.3. The summed E-state index contributed by atoms with van der Waals surface area (Å²) in [6.45, 7) is 17.2. The smallest absolute Gasteiger partial charge is 0.112 e. The molecule has 1 N–H and O–H groups in total. The molecule has 0 fully saturated rings. The zero-order chi connectivity index (χ0) is 14.2. The Morgan fingerprint density at radius 1 is 1.06 bits per heavy atom. The predicted octanol–water partition coefficient (Wildman–Crippen LogP) is 4.35. The molecule has 0 aromatic heterocycles. The molecule has 0 radical (unpaired) electrons. The molecule has 0 bridgehead atoms. The van der Waals surface area contributed by atoms with Gasteiger partial charge in [-0.05, 0) is 11.0 Å². The fourth-order valence-corrected chi connectivity index (χ4v) is 3.89. The van der Waals surface area contributed by atoms with Crippen molar-refractivity contribution in [2.24, 2.45) is 5.41 Å². The van der Waals surface area contributed by atoms with E-state index in [2.05, 4.69) is 47.0 Å². The molecule has 18 heavy (non-hydrogen) atoms. The van der Waals surface area contributed by atoms with E-state index in [0.29, 0.717) is 0 Å². The molecule has 0 amide bonds. The van der Waals surface area contributed by atoms with Crippen LogP contribution in [0.3, 0.4) is 0 Å². The van der Waals surface area contributed by atoms with Crippen LogP contribution < -0.4 is 0 Å². The third-order valence-corrected chi connectivity index (χ3v) is 5.79. The lowest BCUT2D eigenvalue weighted by Gasteiger charge is -2.46. The molecule has 0 saturated heterocycles. The van der Waals surface area contributed by atoms with Crippen LogP contribution in [0, 0.1) is 5.41 Å². The van der Waals surface area contributed by atoms with E-state index in [1.807, 2.05) is 30.3 Å². The highest BCUT2D eigenvalue weighted by Gasteiger charge is 2.47. The lowest BCUT2D eigenvalue weighted by Crippen LogP contribution is -2.48. The summed E-state index contributed by atoms with van der Waals surface area (Å²) in [6, 6.07) is 9.92. The summed E-state index contributed by atoms with van der Waals surface area (Å²) < 4.78 is 0. The molecule has 1 aromatic rings. The third kappa shape index (κ3) is 2.60. The van der Waals surface area contributed by atoms with Crippen molar-refractivity contribution in [2.75, 3.05) is 0 Å². The zero-order valence-electron chi connectivity index (χ0n) is 12.5. The van der Waals surface area contributed by atoms with Crippen molar-refractivity contribution in [1.82, 2.24) is 0 Å². The molecular weight excluding hydrogens is 236 g/mol. The van der Waals surface area contributed by atoms with Gasteiger partial charge in [-0.15, -0.1) is 6.58 Å². The van der Waals surface area contributed by atoms with Crippen LogP contribution in [0.1, 0.15) is 26.3 Å². The SMILES string of the molecule is C=C(C(O)(c1ccccc1)C(C)(C)C)[Si](C)(C)C. The lowest BCUT2D eigenvalue weighted by molar-refractivity contribution is -0.0238. The van der Waals surface area contributed by atoms with E-state index in [0.717, 1.165) is 10.8 Å². The van der Waals surface area contributed by atoms with Crippen LogP contribution in [-0.4, -0.2) is 13.2 Å². The fourth-order valence-electron chi connectivity index (χ4n) is 2.28. The molecule has 0 saturated carbocycles. The second-order valence-electron chi connectivity index (χ2n) is 7.05. The number of rotatable bonds is 3. The number of benzene rings is 1. The summed E-state index contributed by atoms with van der Waals surface area (Å²) in [4.78, 5) is 0. The molecule has 1 aromatic carbocycles. The van der Waals surface area contributed by atoms with E-state index >= 15 is 0 Å². The van der Waals surface area contributed by atoms with Gasteiger partial charge >= 0.3 is 0 Å². The first-order valence-corrected chi connectivity index (χ1v) is 9.99. The summed E-state index contributed by atoms with van der Waals surface area (Å²) in [5.41, 5.74) is -0.283. The molecule has 1 atom stereocenters. The fraction of sp³-hybridized carbons (Fsp3) is 0.500. The third-order valence-electron chi connectivity index (χ3n) is 3.62. The van der Waals surface area contributed by atoms with Crippen molar-refractivity contribution in [3.63, 3.8) is 0 Å². The quantitative estimate of drug-likeness (QED) is 0.803. The minimum atomic E-state index is -1.63. The Labute approximate surface area is 113 Å². The number of hydrogen-bond acceptors (Lipinski definition) is 1. The van der Waals surface area contributed by atoms with Crippen molar-refractivity contribution >= 4 is 8.07 Å². The minimum Gasteiger partial charge on any atom is -0.381 e. The Hall–Kier alpha value is -0.863. The van der Waals surface area contributed by atoms with Crippen LogP contribution in [-0.2, 0) is 5.60 Å². The first kappa shape index (κ1) is 15.2. The van der Waals surface area contributed by atoms with Crippen molar-refractivity contribution in [2.45, 2.75) is 46.0 Å². The highest BCUT2D eigenvalue weighted by molar-refractivity contribution is 6.83. The molecular formula is C16H26OSi. The average Bonchev–Trinajstić information content (AvgIpc) is 2.25. The van der Waals surface area contributed by atoms with Crippen LogP contribution in [0.4, 0.5) is 0 Å². The summed E-state index contributed by atoms with van der Waals surface area (Å²) in [5, 5.41) is 12.4. The van der Waals surface area contributed by atoms with Gasteiger partial charge in [-0.2, -0.15) is 0 Å². The maximum absolute atomic E-state index is 11.4. The van der Waals surface area contributed by atoms with Gasteiger partial charge in [-0.3, -0.25) is 0 Å². The maximum Gasteiger partial charge on any atom is 0.112 e. The van der Waals surface area contributed by atoms with Gasteiger partial charge in [0, 0.05) is 0 Å². The molecule has 0 aliphatic carbocycles. The first-order valence-electron chi connectivity index (χ1n) is 6.49. The van der Waals surface area contributed by atoms with Crippen molar-refractivity contribution in [1.29, 1.82) is 0 Å². The Morgan fingerprint density at radius 3 is 1.83 bits per heavy atom. The van der Waals surface area contributed by atoms with E-state index in [-0.39, 0.29) is 5.41 Å². The summed E-state index contributed by atoms with van der Waals surface area (Å²) in [6.07, 6.45) is 0. The van der Waals surface area contributed by atoms with Crippen molar-refractivity contribution < 1.29 is 5.11 Å². The normalized spacial score (nSPS) is 16.2. The van der Waals surface area contributed by atoms with Gasteiger partial charge in [0.15, 0.2) is 0 Å². The van der Waals surface area contributed by atoms with Crippen LogP contribution in [0.15, 0.2) is 42.1 Å². The molecule has 0 aliphatic heterocycles. The standard InChI is InChI=1S/C16H26OSi/c1-13(18(5,6)7)16(17,15(2,3)4)14-11-9-8-10-12-14/h8-12,17H,1H2,2-7H3. The van der Waals surface area contributed by atoms with E-state index in [1.165, 1.54) is 0 Å². The second-order valence-corrected chi connectivity index (χ2v) is 12.2. The maximum atomic E-state index is 11.4. The topological polar surface area (TPSA) is 20.2 Å². The largest absolute Gasteiger partial charge is 0.381 e. The Morgan fingerprint density at radius 2 is 1.50 bits per heavy atom. The van der Waals surface area contributed by atoms with Crippen molar-refractivity contribution in [3.05, 3.63) is 47.7 Å². The molecule has 2 heteroatoms. The Kier molecular flexibility index (Phi) is 3.94. The minimum absolute atomic E-state index is 0.272. The molecule has 0 aliphatic rings. The first-order chi connectivity index (χ1) is 8.01. The molecule has 1 unspecified atom stereocenters. The zero-order valence-corrected chi connectivity index (χ0v) is 13.5. The van der Waals surface area contributed by atoms with Crippen LogP contribution in [0.25, 0.3) is 0 Å². The summed E-state index contributed by atoms with van der Waals surface area (Å²) in [7, 11) is -1.63. The van der Waals surface area contributed by atoms with E-state index in [1.54, 1.807) is 0 Å². The number of hydrogen-bond donors (Lipinski definition) is 1. The Balaban J connectivity index is 3.44. The van der Waals surface area contributed by atoms with Gasteiger partial charge in [0.1, 0.15) is 5.60 Å². The molecule has 1 nitrogen and oxygen atoms in total. The summed E-state index contributed by atoms with van der Waals surface area (Å²) in [5.74, 6) is 0. The van der Waals surface area contributed by atoms with Gasteiger partial charge in [-0.25, -0.2) is 0 Å². The Bertz CT molecular complexity index is 423. The predicted molar refractivity (Wildman–Crippen MR) is 82.3 cm³/mol. The van der Waals surface area contributed by atoms with Gasteiger partial charge in [-0.1, -0.05) is 75.9 Å². The second kappa shape index (κ2) is 4.67. The molecule has 100 valence electrons. The van der Waals surface area contributed by atoms with E-state index in [9.17, 15) is 5.11 Å². The van der Waals surface area contributed by atoms with Crippen LogP contribution >= 0.6 is 0 Å². The molecule has 1 rings (SSSR count). The average molecular weight is 262 g/mol. The highest BCUT2D eigenvalue weighted by Crippen LogP contribution is 2.46. The van der Waals surface area contributed by atoms with Crippen LogP contribution in [0.5, 0.6) is 0 Å². The summed E-state index contributed by atoms with van der Waals surface area (Å²) >= 11 is 0. The molecule has 0 heterocycles. The van der Waals surface area contributed by atoms with E-state index < -0.39 is 13.7 Å². The molecule has 0 spiro atoms. The van der Waals surface area contributed by atoms with Gasteiger partial charge in [0.05, 0.1) is 8.07 Å². The lowest BCUT2D eigenvalue weighted by atomic mass is 9.72. The monoisotopic (exact) mass is 262 g/mol.